The van der Waals surface area contributed by atoms with Crippen molar-refractivity contribution in [2.75, 3.05) is 0 Å². The van der Waals surface area contributed by atoms with Gasteiger partial charge in [-0.05, 0) is 0 Å². The van der Waals surface area contributed by atoms with Gasteiger partial charge in [-0.2, -0.15) is 0 Å². The zero-order valence-electron chi connectivity index (χ0n) is 5.11. The molecule has 0 fully saturated rings. The van der Waals surface area contributed by atoms with Gasteiger partial charge in [0.2, 0.25) is 0 Å². The predicted octanol–water partition coefficient (Wildman–Crippen LogP) is 1.89. The monoisotopic (exact) mass is 206 g/mol. The number of rotatable bonds is 4. The first-order chi connectivity index (χ1) is 3.41. The average molecular weight is 205 g/mol. The molecule has 2 radical (unpaired) electrons. The molecule has 0 aliphatic heterocycles. The molecule has 7 heavy (non-hydrogen) atoms. The molecule has 42 valence electrons. The van der Waals surface area contributed by atoms with E-state index in [1.807, 2.05) is 0 Å². The number of unbranched alkanes of at least 4 members (excludes halogenated alkanes) is 3. The number of hydrogen-bond donors (Lipinski definition) is 0. The second-order valence-electron chi connectivity index (χ2n) is 1.85. The Morgan fingerprint density at radius 3 is 2.29 bits per heavy atom. The van der Waals surface area contributed by atoms with Crippen molar-refractivity contribution in [1.29, 1.82) is 0 Å². The van der Waals surface area contributed by atoms with E-state index in [4.69, 9.17) is 0 Å². The Morgan fingerprint density at radius 1 is 1.14 bits per heavy atom. The summed E-state index contributed by atoms with van der Waals surface area (Å²) in [5.41, 5.74) is 0. The van der Waals surface area contributed by atoms with Crippen molar-refractivity contribution in [3.05, 3.63) is 0 Å². The average Bonchev–Trinajstić information content (AvgIpc) is 1.69. The van der Waals surface area contributed by atoms with E-state index in [2.05, 4.69) is 6.92 Å². The zero-order chi connectivity index (χ0) is 5.54. The van der Waals surface area contributed by atoms with E-state index < -0.39 is 0 Å². The van der Waals surface area contributed by atoms with E-state index in [1.54, 1.807) is 0 Å². The molecule has 0 N–H and O–H groups in total. The third kappa shape index (κ3) is 6.80. The Hall–Kier alpha value is 0.799. The summed E-state index contributed by atoms with van der Waals surface area (Å²) in [4.78, 5) is 0. The summed E-state index contributed by atoms with van der Waals surface area (Å²) in [7, 11) is 0. The Morgan fingerprint density at radius 2 is 1.86 bits per heavy atom. The van der Waals surface area contributed by atoms with Gasteiger partial charge in [0.1, 0.15) is 0 Å². The van der Waals surface area contributed by atoms with Gasteiger partial charge in [-0.1, -0.05) is 0 Å². The van der Waals surface area contributed by atoms with Gasteiger partial charge in [0.05, 0.1) is 0 Å². The van der Waals surface area contributed by atoms with Crippen molar-refractivity contribution in [2.24, 2.45) is 0 Å². The maximum absolute atomic E-state index is 2.26. The summed E-state index contributed by atoms with van der Waals surface area (Å²) in [5.74, 6) is 0. The van der Waals surface area contributed by atoms with Crippen molar-refractivity contribution in [2.45, 2.75) is 37.0 Å². The van der Waals surface area contributed by atoms with Crippen LogP contribution in [-0.2, 0) is 0 Å². The van der Waals surface area contributed by atoms with Gasteiger partial charge >= 0.3 is 59.6 Å². The summed E-state index contributed by atoms with van der Waals surface area (Å²) >= 11 is 1.46. The third-order valence-electron chi connectivity index (χ3n) is 1.06. The quantitative estimate of drug-likeness (QED) is 0.485. The summed E-state index contributed by atoms with van der Waals surface area (Å²) in [6.45, 7) is 2.26. The van der Waals surface area contributed by atoms with Crippen LogP contribution in [0.15, 0.2) is 0 Å². The molecular weight excluding hydrogens is 191 g/mol. The van der Waals surface area contributed by atoms with Crippen molar-refractivity contribution in [3.63, 3.8) is 0 Å². The predicted molar refractivity (Wildman–Crippen MR) is 36.1 cm³/mol. The third-order valence-corrected chi connectivity index (χ3v) is 2.22. The number of hydrogen-bond acceptors (Lipinski definition) is 0. The van der Waals surface area contributed by atoms with Crippen molar-refractivity contribution in [3.8, 4) is 0 Å². The molecule has 0 aliphatic carbocycles. The van der Waals surface area contributed by atoms with Crippen LogP contribution in [0.25, 0.3) is 0 Å². The molecule has 0 saturated carbocycles. The maximum atomic E-state index is 2.26. The van der Waals surface area contributed by atoms with Crippen LogP contribution in [0.1, 0.15) is 32.6 Å². The van der Waals surface area contributed by atoms with Crippen molar-refractivity contribution >= 4 is 22.5 Å². The second-order valence-corrected chi connectivity index (χ2v) is 3.50. The normalized spacial score (nSPS) is 9.43. The minimum absolute atomic E-state index is 1.38. The van der Waals surface area contributed by atoms with E-state index in [0.29, 0.717) is 0 Å². The molecule has 0 aromatic heterocycles. The molecule has 0 bridgehead atoms. The van der Waals surface area contributed by atoms with E-state index in [-0.39, 0.29) is 0 Å². The van der Waals surface area contributed by atoms with Crippen molar-refractivity contribution < 1.29 is 0 Å². The van der Waals surface area contributed by atoms with Crippen LogP contribution >= 0.6 is 0 Å². The van der Waals surface area contributed by atoms with Crippen LogP contribution in [0.4, 0.5) is 0 Å². The van der Waals surface area contributed by atoms with Gasteiger partial charge in [0.15, 0.2) is 0 Å². The molecule has 0 spiro atoms. The van der Waals surface area contributed by atoms with Crippen LogP contribution in [0.2, 0.25) is 4.44 Å². The first-order valence-electron chi connectivity index (χ1n) is 3.12. The topological polar surface area (TPSA) is 0 Å². The first-order valence-corrected chi connectivity index (χ1v) is 5.45. The molecule has 0 atom stereocenters. The van der Waals surface area contributed by atoms with Gasteiger partial charge in [0.25, 0.3) is 0 Å². The summed E-state index contributed by atoms with van der Waals surface area (Å²) in [5, 5.41) is 0. The van der Waals surface area contributed by atoms with Gasteiger partial charge in [-0.15, -0.1) is 0 Å². The van der Waals surface area contributed by atoms with E-state index in [9.17, 15) is 0 Å². The molecule has 0 aromatic rings. The van der Waals surface area contributed by atoms with Gasteiger partial charge < -0.3 is 0 Å². The molecule has 0 heterocycles. The fourth-order valence-electron chi connectivity index (χ4n) is 0.571. The van der Waals surface area contributed by atoms with E-state index >= 15 is 0 Å². The molecule has 1 heteroatoms. The van der Waals surface area contributed by atoms with Gasteiger partial charge in [-0.3, -0.25) is 0 Å². The standard InChI is InChI=1S/C6H13.Sn.H/c1-3-5-6-4-2;;/h1,3-6H2,2H3;;. The Balaban J connectivity index is 2.45. The van der Waals surface area contributed by atoms with E-state index in [1.165, 1.54) is 52.6 Å². The SMILES string of the molecule is CCCCC[CH2][SnH]. The van der Waals surface area contributed by atoms with Crippen LogP contribution in [0.5, 0.6) is 0 Å². The second kappa shape index (κ2) is 6.80. The van der Waals surface area contributed by atoms with Crippen LogP contribution in [-0.4, -0.2) is 22.5 Å². The van der Waals surface area contributed by atoms with Gasteiger partial charge in [-0.25, -0.2) is 0 Å². The summed E-state index contributed by atoms with van der Waals surface area (Å²) in [6, 6.07) is 0. The minimum atomic E-state index is 1.38. The summed E-state index contributed by atoms with van der Waals surface area (Å²) in [6.07, 6.45) is 5.77. The fraction of sp³-hybridized carbons (Fsp3) is 1.00. The van der Waals surface area contributed by atoms with Crippen LogP contribution in [0, 0.1) is 0 Å². The Labute approximate surface area is 59.8 Å². The first kappa shape index (κ1) is 7.80. The molecule has 0 nitrogen and oxygen atoms in total. The van der Waals surface area contributed by atoms with Crippen LogP contribution in [0.3, 0.4) is 0 Å². The fourth-order valence-corrected chi connectivity index (χ4v) is 1.40. The van der Waals surface area contributed by atoms with Crippen LogP contribution < -0.4 is 0 Å². The van der Waals surface area contributed by atoms with Crippen molar-refractivity contribution in [1.82, 2.24) is 0 Å². The molecule has 0 saturated heterocycles. The molecular formula is C6H14Sn. The molecule has 0 unspecified atom stereocenters. The summed E-state index contributed by atoms with van der Waals surface area (Å²) < 4.78 is 1.49. The Kier molecular flexibility index (Phi) is 7.57. The molecule has 0 aromatic carbocycles. The van der Waals surface area contributed by atoms with E-state index in [0.717, 1.165) is 0 Å². The molecule has 0 rings (SSSR count). The molecule has 0 aliphatic rings. The zero-order valence-corrected chi connectivity index (χ0v) is 8.41. The Bertz CT molecular complexity index is 23.4. The molecule has 0 amide bonds. The van der Waals surface area contributed by atoms with Gasteiger partial charge in [0, 0.05) is 0 Å².